The highest BCUT2D eigenvalue weighted by Gasteiger charge is 2.24. The van der Waals surface area contributed by atoms with Gasteiger partial charge in [0.25, 0.3) is 0 Å². The third kappa shape index (κ3) is 5.75. The lowest BCUT2D eigenvalue weighted by molar-refractivity contribution is -0.129. The SMILES string of the molecule is CCOc1cc(/C=C2\N=C(c3ccc(C)cc3)OC2=O)cc(Cl)c1OCc1cccc(I)c1. The number of ether oxygens (including phenoxy) is 3. The Kier molecular flexibility index (Phi) is 7.35. The highest BCUT2D eigenvalue weighted by atomic mass is 127. The van der Waals surface area contributed by atoms with E-state index in [2.05, 4.69) is 27.6 Å². The fraction of sp³-hybridized carbons (Fsp3) is 0.154. The molecular weight excluding hydrogens is 553 g/mol. The molecule has 1 aliphatic rings. The molecule has 0 N–H and O–H groups in total. The average molecular weight is 574 g/mol. The Morgan fingerprint density at radius 1 is 1.09 bits per heavy atom. The Labute approximate surface area is 211 Å². The summed E-state index contributed by atoms with van der Waals surface area (Å²) >= 11 is 8.80. The first-order valence-electron chi connectivity index (χ1n) is 10.4. The van der Waals surface area contributed by atoms with E-state index >= 15 is 0 Å². The second-order valence-electron chi connectivity index (χ2n) is 7.38. The van der Waals surface area contributed by atoms with E-state index in [9.17, 15) is 4.79 Å². The summed E-state index contributed by atoms with van der Waals surface area (Å²) in [5.74, 6) is 0.715. The molecule has 33 heavy (non-hydrogen) atoms. The van der Waals surface area contributed by atoms with Gasteiger partial charge in [0.05, 0.1) is 11.6 Å². The van der Waals surface area contributed by atoms with Crippen molar-refractivity contribution in [3.63, 3.8) is 0 Å². The number of nitrogens with zero attached hydrogens (tertiary/aromatic N) is 1. The van der Waals surface area contributed by atoms with Crippen LogP contribution in [0.2, 0.25) is 5.02 Å². The lowest BCUT2D eigenvalue weighted by atomic mass is 10.1. The van der Waals surface area contributed by atoms with E-state index in [0.29, 0.717) is 35.3 Å². The van der Waals surface area contributed by atoms with E-state index < -0.39 is 5.97 Å². The maximum absolute atomic E-state index is 12.4. The van der Waals surface area contributed by atoms with Crippen LogP contribution in [0, 0.1) is 10.5 Å². The first-order valence-corrected chi connectivity index (χ1v) is 11.8. The van der Waals surface area contributed by atoms with Crippen molar-refractivity contribution < 1.29 is 19.0 Å². The number of esters is 1. The molecule has 1 heterocycles. The monoisotopic (exact) mass is 573 g/mol. The first-order chi connectivity index (χ1) is 15.9. The molecule has 0 radical (unpaired) electrons. The van der Waals surface area contributed by atoms with Crippen LogP contribution in [0.4, 0.5) is 0 Å². The van der Waals surface area contributed by atoms with Crippen molar-refractivity contribution >= 4 is 52.1 Å². The van der Waals surface area contributed by atoms with Crippen LogP contribution in [-0.2, 0) is 16.1 Å². The smallest absolute Gasteiger partial charge is 0.363 e. The van der Waals surface area contributed by atoms with Crippen molar-refractivity contribution in [2.75, 3.05) is 6.61 Å². The molecule has 0 saturated heterocycles. The van der Waals surface area contributed by atoms with Crippen molar-refractivity contribution in [3.05, 3.63) is 97.2 Å². The minimum Gasteiger partial charge on any atom is -0.490 e. The Bertz CT molecular complexity index is 1250. The highest BCUT2D eigenvalue weighted by Crippen LogP contribution is 2.38. The minimum atomic E-state index is -0.515. The number of benzene rings is 3. The van der Waals surface area contributed by atoms with Crippen molar-refractivity contribution in [3.8, 4) is 11.5 Å². The van der Waals surface area contributed by atoms with E-state index in [-0.39, 0.29) is 11.6 Å². The molecule has 0 unspecified atom stereocenters. The van der Waals surface area contributed by atoms with Crippen LogP contribution in [0.1, 0.15) is 29.2 Å². The number of cyclic esters (lactones) is 1. The van der Waals surface area contributed by atoms with Crippen molar-refractivity contribution in [2.45, 2.75) is 20.5 Å². The third-order valence-corrected chi connectivity index (χ3v) is 5.78. The molecule has 168 valence electrons. The predicted octanol–water partition coefficient (Wildman–Crippen LogP) is 6.58. The van der Waals surface area contributed by atoms with E-state index in [1.54, 1.807) is 18.2 Å². The average Bonchev–Trinajstić information content (AvgIpc) is 3.14. The van der Waals surface area contributed by atoms with Crippen LogP contribution in [0.5, 0.6) is 11.5 Å². The van der Waals surface area contributed by atoms with Crippen molar-refractivity contribution in [1.29, 1.82) is 0 Å². The van der Waals surface area contributed by atoms with Crippen molar-refractivity contribution in [1.82, 2.24) is 0 Å². The molecule has 0 fully saturated rings. The van der Waals surface area contributed by atoms with E-state index in [4.69, 9.17) is 25.8 Å². The highest BCUT2D eigenvalue weighted by molar-refractivity contribution is 14.1. The number of aryl methyl sites for hydroxylation is 1. The quantitative estimate of drug-likeness (QED) is 0.182. The van der Waals surface area contributed by atoms with Gasteiger partial charge < -0.3 is 14.2 Å². The summed E-state index contributed by atoms with van der Waals surface area (Å²) in [4.78, 5) is 16.8. The summed E-state index contributed by atoms with van der Waals surface area (Å²) in [6.07, 6.45) is 1.63. The number of rotatable bonds is 7. The van der Waals surface area contributed by atoms with Crippen LogP contribution in [0.25, 0.3) is 6.08 Å². The Morgan fingerprint density at radius 2 is 1.88 bits per heavy atom. The van der Waals surface area contributed by atoms with Gasteiger partial charge in [0.1, 0.15) is 6.61 Å². The topological polar surface area (TPSA) is 57.1 Å². The molecule has 0 aromatic heterocycles. The fourth-order valence-corrected chi connectivity index (χ4v) is 4.12. The standard InChI is InChI=1S/C26H21ClINO4/c1-3-31-23-14-18(12-21(27)24(23)32-15-17-5-4-6-20(28)11-17)13-22-26(30)33-25(29-22)19-9-7-16(2)8-10-19/h4-14H,3,15H2,1-2H3/b22-13-. The van der Waals surface area contributed by atoms with Gasteiger partial charge in [0.15, 0.2) is 17.2 Å². The van der Waals surface area contributed by atoms with Crippen LogP contribution in [-0.4, -0.2) is 18.5 Å². The minimum absolute atomic E-state index is 0.191. The molecule has 5 nitrogen and oxygen atoms in total. The molecule has 1 aliphatic heterocycles. The zero-order valence-corrected chi connectivity index (χ0v) is 21.0. The van der Waals surface area contributed by atoms with Gasteiger partial charge in [-0.25, -0.2) is 9.79 Å². The molecule has 3 aromatic carbocycles. The predicted molar refractivity (Wildman–Crippen MR) is 138 cm³/mol. The van der Waals surface area contributed by atoms with Gasteiger partial charge in [-0.1, -0.05) is 41.4 Å². The van der Waals surface area contributed by atoms with Gasteiger partial charge in [0, 0.05) is 9.13 Å². The molecule has 0 aliphatic carbocycles. The molecule has 0 saturated carbocycles. The van der Waals surface area contributed by atoms with Gasteiger partial charge >= 0.3 is 5.97 Å². The third-order valence-electron chi connectivity index (χ3n) is 4.83. The number of hydrogen-bond acceptors (Lipinski definition) is 5. The maximum atomic E-state index is 12.4. The summed E-state index contributed by atoms with van der Waals surface area (Å²) in [6.45, 7) is 4.67. The second-order valence-corrected chi connectivity index (χ2v) is 9.04. The van der Waals surface area contributed by atoms with Gasteiger partial charge in [-0.05, 0) is 90.0 Å². The maximum Gasteiger partial charge on any atom is 0.363 e. The Balaban J connectivity index is 1.61. The summed E-state index contributed by atoms with van der Waals surface area (Å²) in [5, 5.41) is 0.382. The summed E-state index contributed by atoms with van der Waals surface area (Å²) < 4.78 is 18.2. The van der Waals surface area contributed by atoms with Crippen LogP contribution in [0.3, 0.4) is 0 Å². The van der Waals surface area contributed by atoms with Gasteiger partial charge in [0.2, 0.25) is 5.90 Å². The van der Waals surface area contributed by atoms with Crippen molar-refractivity contribution in [2.24, 2.45) is 4.99 Å². The summed E-state index contributed by atoms with van der Waals surface area (Å²) in [7, 11) is 0. The van der Waals surface area contributed by atoms with E-state index in [0.717, 1.165) is 20.3 Å². The fourth-order valence-electron chi connectivity index (χ4n) is 3.24. The van der Waals surface area contributed by atoms with Crippen LogP contribution >= 0.6 is 34.2 Å². The lowest BCUT2D eigenvalue weighted by Gasteiger charge is -2.15. The lowest BCUT2D eigenvalue weighted by Crippen LogP contribution is -2.05. The number of hydrogen-bond donors (Lipinski definition) is 0. The van der Waals surface area contributed by atoms with Crippen LogP contribution in [0.15, 0.2) is 71.4 Å². The van der Waals surface area contributed by atoms with E-state index in [1.807, 2.05) is 62.4 Å². The molecule has 0 amide bonds. The van der Waals surface area contributed by atoms with E-state index in [1.165, 1.54) is 0 Å². The second kappa shape index (κ2) is 10.4. The Morgan fingerprint density at radius 3 is 2.61 bits per heavy atom. The van der Waals surface area contributed by atoms with Gasteiger partial charge in [-0.2, -0.15) is 0 Å². The molecular formula is C26H21ClINO4. The molecule has 7 heteroatoms. The zero-order chi connectivity index (χ0) is 23.4. The van der Waals surface area contributed by atoms with Gasteiger partial charge in [-0.3, -0.25) is 0 Å². The molecule has 0 bridgehead atoms. The van der Waals surface area contributed by atoms with Crippen LogP contribution < -0.4 is 9.47 Å². The molecule has 3 aromatic rings. The number of halogens is 2. The zero-order valence-electron chi connectivity index (χ0n) is 18.1. The number of carbonyl (C=O) groups is 1. The molecule has 0 atom stereocenters. The number of aliphatic imine (C=N–C) groups is 1. The molecule has 4 rings (SSSR count). The molecule has 0 spiro atoms. The summed E-state index contributed by atoms with van der Waals surface area (Å²) in [5.41, 5.74) is 3.73. The largest absolute Gasteiger partial charge is 0.490 e. The summed E-state index contributed by atoms with van der Waals surface area (Å²) in [6, 6.07) is 19.1. The number of carbonyl (C=O) groups excluding carboxylic acids is 1. The Hall–Kier alpha value is -2.84. The normalized spacial score (nSPS) is 14.2. The van der Waals surface area contributed by atoms with Gasteiger partial charge in [-0.15, -0.1) is 0 Å². The first kappa shape index (κ1) is 23.3.